The van der Waals surface area contributed by atoms with Crippen molar-refractivity contribution >= 4 is 12.3 Å². The van der Waals surface area contributed by atoms with Gasteiger partial charge in [0, 0.05) is 25.0 Å². The number of allylic oxidation sites excluding steroid dienone is 1. The maximum absolute atomic E-state index is 14.1. The summed E-state index contributed by atoms with van der Waals surface area (Å²) in [5, 5.41) is 11.6. The van der Waals surface area contributed by atoms with Crippen LogP contribution in [-0.4, -0.2) is 78.6 Å². The minimum atomic E-state index is -1.14. The van der Waals surface area contributed by atoms with Crippen molar-refractivity contribution in [2.45, 2.75) is 118 Å². The van der Waals surface area contributed by atoms with Crippen molar-refractivity contribution in [1.82, 2.24) is 9.80 Å². The molecule has 7 unspecified atom stereocenters. The number of hydrogen-bond acceptors (Lipinski definition) is 5. The van der Waals surface area contributed by atoms with E-state index in [0.29, 0.717) is 30.1 Å². The van der Waals surface area contributed by atoms with Gasteiger partial charge >= 0.3 is 5.97 Å². The second kappa shape index (κ2) is 12.4. The molecule has 248 valence electrons. The largest absolute Gasteiger partial charge is 0.481 e. The van der Waals surface area contributed by atoms with Gasteiger partial charge in [-0.1, -0.05) is 91.7 Å². The number of ether oxygens (including phenoxy) is 1. The van der Waals surface area contributed by atoms with E-state index in [1.807, 2.05) is 0 Å². The fourth-order valence-electron chi connectivity index (χ4n) is 12.6. The summed E-state index contributed by atoms with van der Waals surface area (Å²) >= 11 is 0. The molecule has 5 aliphatic carbocycles. The number of fused-ring (bicyclic) bond motifs is 2. The lowest BCUT2D eigenvalue weighted by Gasteiger charge is -2.60. The summed E-state index contributed by atoms with van der Waals surface area (Å²) in [6, 6.07) is 0. The van der Waals surface area contributed by atoms with Gasteiger partial charge in [-0.3, -0.25) is 9.69 Å². The Kier molecular flexibility index (Phi) is 9.22. The molecule has 0 aromatic heterocycles. The SMILES string of the molecule is CCN(CC)CCN(CC)CC1OC(C23C[C@@H]4[C@H](C)CC[C@H]4C4(C=O)CC2C=C(C(C)C)C34C(=O)O)CC1C1CCCCC1. The van der Waals surface area contributed by atoms with E-state index in [1.165, 1.54) is 38.4 Å². The van der Waals surface area contributed by atoms with Gasteiger partial charge in [0.15, 0.2) is 0 Å². The van der Waals surface area contributed by atoms with Crippen LogP contribution in [0.4, 0.5) is 0 Å². The number of carboxylic acid groups (broad SMARTS) is 1. The second-order valence-corrected chi connectivity index (χ2v) is 16.3. The number of carboxylic acids is 1. The lowest BCUT2D eigenvalue weighted by molar-refractivity contribution is -0.197. The first-order valence-corrected chi connectivity index (χ1v) is 18.7. The summed E-state index contributed by atoms with van der Waals surface area (Å²) in [5.74, 6) is 1.72. The molecule has 1 aliphatic heterocycles. The monoisotopic (exact) mass is 610 g/mol. The quantitative estimate of drug-likeness (QED) is 0.180. The average Bonchev–Trinajstić information content (AvgIpc) is 3.74. The number of hydrogen-bond donors (Lipinski definition) is 1. The predicted molar refractivity (Wildman–Crippen MR) is 175 cm³/mol. The molecule has 6 rings (SSSR count). The lowest BCUT2D eigenvalue weighted by Crippen LogP contribution is -2.65. The maximum Gasteiger partial charge on any atom is 0.315 e. The Morgan fingerprint density at radius 3 is 2.30 bits per heavy atom. The lowest BCUT2D eigenvalue weighted by atomic mass is 9.41. The topological polar surface area (TPSA) is 70.1 Å². The number of carbonyl (C=O) groups excluding carboxylic acids is 1. The van der Waals surface area contributed by atoms with Gasteiger partial charge < -0.3 is 19.5 Å². The van der Waals surface area contributed by atoms with E-state index in [0.717, 1.165) is 70.5 Å². The van der Waals surface area contributed by atoms with Crippen LogP contribution in [0.1, 0.15) is 106 Å². The number of rotatable bonds is 13. The minimum absolute atomic E-state index is 0.104. The summed E-state index contributed by atoms with van der Waals surface area (Å²) in [4.78, 5) is 32.8. The normalized spacial score (nSPS) is 43.3. The van der Waals surface area contributed by atoms with E-state index in [1.54, 1.807) is 0 Å². The Labute approximate surface area is 267 Å². The number of aliphatic carboxylic acids is 1. The van der Waals surface area contributed by atoms with Crippen LogP contribution < -0.4 is 0 Å². The zero-order valence-corrected chi connectivity index (χ0v) is 28.7. The standard InChI is InChI=1S/C38H62N2O4/c1-7-39(8-2)17-18-40(9-3)23-33-29(27-13-11-10-12-14-27)20-34(44-33)37-22-30-26(6)15-16-31(30)36(24-41)21-28(37)19-32(25(4)5)38(36,37)35(42)43/h19,24-31,33-34H,7-18,20-23H2,1-6H3,(H,42,43)/t26-,28?,29?,30-,31-,33?,34?,36?,37?,38?/m1/s1. The van der Waals surface area contributed by atoms with Gasteiger partial charge in [-0.05, 0) is 86.7 Å². The third-order valence-corrected chi connectivity index (χ3v) is 14.6. The van der Waals surface area contributed by atoms with Crippen LogP contribution >= 0.6 is 0 Å². The summed E-state index contributed by atoms with van der Waals surface area (Å²) in [7, 11) is 0. The van der Waals surface area contributed by atoms with Gasteiger partial charge in [-0.15, -0.1) is 0 Å². The van der Waals surface area contributed by atoms with Gasteiger partial charge in [-0.25, -0.2) is 0 Å². The number of carbonyl (C=O) groups is 2. The third-order valence-electron chi connectivity index (χ3n) is 14.6. The van der Waals surface area contributed by atoms with Gasteiger partial charge in [0.1, 0.15) is 11.7 Å². The molecule has 0 aromatic carbocycles. The fraction of sp³-hybridized carbons (Fsp3) is 0.895. The summed E-state index contributed by atoms with van der Waals surface area (Å²) in [5.41, 5.74) is -1.44. The van der Waals surface area contributed by atoms with E-state index in [9.17, 15) is 14.7 Å². The Morgan fingerprint density at radius 1 is 1.00 bits per heavy atom. The van der Waals surface area contributed by atoms with Crippen molar-refractivity contribution in [3.8, 4) is 0 Å². The zero-order chi connectivity index (χ0) is 31.4. The van der Waals surface area contributed by atoms with E-state index in [4.69, 9.17) is 4.74 Å². The molecule has 4 saturated carbocycles. The van der Waals surface area contributed by atoms with Crippen molar-refractivity contribution in [3.63, 3.8) is 0 Å². The number of aldehydes is 1. The minimum Gasteiger partial charge on any atom is -0.481 e. The zero-order valence-electron chi connectivity index (χ0n) is 28.7. The Balaban J connectivity index is 1.40. The van der Waals surface area contributed by atoms with E-state index < -0.39 is 22.2 Å². The van der Waals surface area contributed by atoms with Crippen LogP contribution in [0.5, 0.6) is 0 Å². The highest BCUT2D eigenvalue weighted by molar-refractivity contribution is 5.90. The first-order valence-electron chi connectivity index (χ1n) is 18.7. The molecule has 4 bridgehead atoms. The molecule has 6 aliphatic rings. The highest BCUT2D eigenvalue weighted by Crippen LogP contribution is 2.84. The molecule has 1 N–H and O–H groups in total. The molecule has 10 atom stereocenters. The number of nitrogens with zero attached hydrogens (tertiary/aromatic N) is 2. The summed E-state index contributed by atoms with van der Waals surface area (Å²) in [6.07, 6.45) is 14.7. The van der Waals surface area contributed by atoms with Crippen LogP contribution in [0.25, 0.3) is 0 Å². The van der Waals surface area contributed by atoms with Crippen LogP contribution in [0.2, 0.25) is 0 Å². The van der Waals surface area contributed by atoms with Crippen molar-refractivity contribution in [3.05, 3.63) is 11.6 Å². The van der Waals surface area contributed by atoms with Crippen molar-refractivity contribution in [1.29, 1.82) is 0 Å². The molecule has 0 radical (unpaired) electrons. The fourth-order valence-corrected chi connectivity index (χ4v) is 12.6. The molecule has 0 spiro atoms. The summed E-state index contributed by atoms with van der Waals surface area (Å²) in [6.45, 7) is 19.7. The highest BCUT2D eigenvalue weighted by Gasteiger charge is 2.86. The van der Waals surface area contributed by atoms with Crippen LogP contribution in [0.15, 0.2) is 11.6 Å². The Morgan fingerprint density at radius 2 is 1.68 bits per heavy atom. The van der Waals surface area contributed by atoms with Gasteiger partial charge in [0.2, 0.25) is 0 Å². The van der Waals surface area contributed by atoms with E-state index in [-0.39, 0.29) is 30.0 Å². The van der Waals surface area contributed by atoms with Gasteiger partial charge in [-0.2, -0.15) is 0 Å². The molecule has 1 saturated heterocycles. The Hall–Kier alpha value is -1.24. The molecule has 0 aromatic rings. The van der Waals surface area contributed by atoms with E-state index in [2.05, 4.69) is 57.4 Å². The van der Waals surface area contributed by atoms with Crippen molar-refractivity contribution in [2.24, 2.45) is 57.7 Å². The molecule has 0 amide bonds. The van der Waals surface area contributed by atoms with Gasteiger partial charge in [0.25, 0.3) is 0 Å². The summed E-state index contributed by atoms with van der Waals surface area (Å²) < 4.78 is 7.47. The third kappa shape index (κ3) is 4.49. The molecular formula is C38H62N2O4. The van der Waals surface area contributed by atoms with Crippen molar-refractivity contribution < 1.29 is 19.4 Å². The predicted octanol–water partition coefficient (Wildman–Crippen LogP) is 6.93. The smallest absolute Gasteiger partial charge is 0.315 e. The van der Waals surface area contributed by atoms with Crippen molar-refractivity contribution in [2.75, 3.05) is 39.3 Å². The maximum atomic E-state index is 14.1. The highest BCUT2D eigenvalue weighted by atomic mass is 16.5. The Bertz CT molecular complexity index is 1100. The molecule has 44 heavy (non-hydrogen) atoms. The number of likely N-dealkylation sites (N-methyl/N-ethyl adjacent to an activating group) is 2. The van der Waals surface area contributed by atoms with E-state index >= 15 is 0 Å². The average molecular weight is 611 g/mol. The van der Waals surface area contributed by atoms with Gasteiger partial charge in [0.05, 0.1) is 17.6 Å². The molecule has 6 nitrogen and oxygen atoms in total. The second-order valence-electron chi connectivity index (χ2n) is 16.3. The van der Waals surface area contributed by atoms with Crippen LogP contribution in [0, 0.1) is 57.7 Å². The molecule has 6 heteroatoms. The van der Waals surface area contributed by atoms with Crippen LogP contribution in [-0.2, 0) is 14.3 Å². The molecule has 5 fully saturated rings. The first-order chi connectivity index (χ1) is 21.1. The molecular weight excluding hydrogens is 548 g/mol. The first kappa shape index (κ1) is 32.7. The van der Waals surface area contributed by atoms with Crippen LogP contribution in [0.3, 0.4) is 0 Å². The molecule has 1 heterocycles.